The molecule has 1 aromatic carbocycles. The average molecular weight is 495 g/mol. The first-order valence-corrected chi connectivity index (χ1v) is 11.4. The van der Waals surface area contributed by atoms with Crippen molar-refractivity contribution in [2.75, 3.05) is 24.3 Å². The molecule has 0 fully saturated rings. The van der Waals surface area contributed by atoms with Crippen LogP contribution in [0.25, 0.3) is 23.0 Å². The van der Waals surface area contributed by atoms with Gasteiger partial charge in [0.05, 0.1) is 23.3 Å². The minimum atomic E-state index is -0.341. The topological polar surface area (TPSA) is 115 Å². The molecule has 5 aromatic rings. The number of amides is 1. The number of allylic oxidation sites excluding steroid dienone is 1. The van der Waals surface area contributed by atoms with Gasteiger partial charge in [0.25, 0.3) is 5.91 Å². The molecule has 5 rings (SSSR count). The van der Waals surface area contributed by atoms with Gasteiger partial charge in [-0.1, -0.05) is 6.07 Å². The van der Waals surface area contributed by atoms with Crippen LogP contribution in [-0.4, -0.2) is 50.1 Å². The zero-order chi connectivity index (χ0) is 25.9. The number of imidazole rings is 2. The number of aromatic amines is 1. The Kier molecular flexibility index (Phi) is 6.29. The maximum absolute atomic E-state index is 13.5. The molecule has 0 aliphatic rings. The third-order valence-electron chi connectivity index (χ3n) is 5.62. The first-order chi connectivity index (χ1) is 17.9. The molecule has 0 atom stereocenters. The Morgan fingerprint density at radius 2 is 1.95 bits per heavy atom. The predicted molar refractivity (Wildman–Crippen MR) is 142 cm³/mol. The van der Waals surface area contributed by atoms with Crippen LogP contribution in [-0.2, 0) is 0 Å². The third-order valence-corrected chi connectivity index (χ3v) is 5.62. The van der Waals surface area contributed by atoms with Crippen LogP contribution in [0.2, 0.25) is 0 Å². The first kappa shape index (κ1) is 23.6. The van der Waals surface area contributed by atoms with E-state index in [0.29, 0.717) is 45.6 Å². The Balaban J connectivity index is 1.37. The molecular weight excluding hydrogens is 471 g/mol. The van der Waals surface area contributed by atoms with Crippen LogP contribution >= 0.6 is 0 Å². The summed E-state index contributed by atoms with van der Waals surface area (Å²) in [5.74, 6) is 0.910. The van der Waals surface area contributed by atoms with E-state index in [1.807, 2.05) is 47.8 Å². The Hall–Kier alpha value is -5.12. The number of nitrogens with zero attached hydrogens (tertiary/aromatic N) is 5. The fraction of sp³-hybridized carbons (Fsp3) is 0.0741. The zero-order valence-corrected chi connectivity index (χ0v) is 20.1. The van der Waals surface area contributed by atoms with Crippen LogP contribution in [0.4, 0.5) is 16.0 Å². The number of anilines is 2. The molecule has 3 N–H and O–H groups in total. The maximum Gasteiger partial charge on any atom is 0.256 e. The summed E-state index contributed by atoms with van der Waals surface area (Å²) in [6.45, 7) is 0. The number of fused-ring (bicyclic) bond motifs is 1. The minimum Gasteiger partial charge on any atom is -0.363 e. The number of halogens is 1. The molecule has 0 bridgehead atoms. The Labute approximate surface area is 211 Å². The maximum atomic E-state index is 13.5. The van der Waals surface area contributed by atoms with Gasteiger partial charge >= 0.3 is 0 Å². The number of carbonyl (C=O) groups is 1. The molecule has 4 heterocycles. The van der Waals surface area contributed by atoms with Crippen molar-refractivity contribution in [3.63, 3.8) is 0 Å². The number of hydrogen-bond acceptors (Lipinski definition) is 6. The monoisotopic (exact) mass is 494 g/mol. The number of pyridine rings is 2. The van der Waals surface area contributed by atoms with Gasteiger partial charge in [0, 0.05) is 37.6 Å². The van der Waals surface area contributed by atoms with E-state index in [1.165, 1.54) is 18.3 Å². The lowest BCUT2D eigenvalue weighted by atomic mass is 10.1. The summed E-state index contributed by atoms with van der Waals surface area (Å²) in [5, 5.41) is 11.5. The highest BCUT2D eigenvalue weighted by molar-refractivity contribution is 6.11. The molecule has 4 aromatic heterocycles. The van der Waals surface area contributed by atoms with Crippen LogP contribution in [0.1, 0.15) is 21.9 Å². The molecule has 0 aliphatic carbocycles. The SMILES string of the molecule is CN(C)c1cc(C(=O)Nc2cnc(/C=C\C(=N)c3c(-c4ccc(F)cc4)nc4ccccn34)[nH]2)ccn1. The van der Waals surface area contributed by atoms with Crippen molar-refractivity contribution < 1.29 is 9.18 Å². The normalized spacial score (nSPS) is 11.2. The molecule has 0 radical (unpaired) electrons. The molecule has 0 spiro atoms. The van der Waals surface area contributed by atoms with Crippen molar-refractivity contribution in [1.29, 1.82) is 5.41 Å². The lowest BCUT2D eigenvalue weighted by Gasteiger charge is -2.11. The van der Waals surface area contributed by atoms with Gasteiger partial charge in [-0.2, -0.15) is 0 Å². The summed E-state index contributed by atoms with van der Waals surface area (Å²) in [6, 6.07) is 14.9. The number of nitrogens with one attached hydrogen (secondary N) is 3. The van der Waals surface area contributed by atoms with E-state index in [2.05, 4.69) is 25.3 Å². The van der Waals surface area contributed by atoms with Gasteiger partial charge in [0.2, 0.25) is 0 Å². The molecule has 0 unspecified atom stereocenters. The van der Waals surface area contributed by atoms with Gasteiger partial charge in [0.1, 0.15) is 28.9 Å². The standard InChI is InChI=1S/C27H23FN8O/c1-35(2)24-15-18(12-13-30-24)27(37)33-22-16-31-21(32-22)11-10-20(29)26-25(17-6-8-19(28)9-7-17)34-23-5-3-4-14-36(23)26/h3-16,29H,1-2H3,(H,31,32)(H,33,37)/b11-10-,29-20?. The fourth-order valence-corrected chi connectivity index (χ4v) is 3.79. The second-order valence-corrected chi connectivity index (χ2v) is 8.43. The van der Waals surface area contributed by atoms with E-state index in [4.69, 9.17) is 5.41 Å². The van der Waals surface area contributed by atoms with Crippen LogP contribution in [0.15, 0.2) is 79.3 Å². The molecule has 9 nitrogen and oxygen atoms in total. The summed E-state index contributed by atoms with van der Waals surface area (Å²) in [7, 11) is 3.70. The van der Waals surface area contributed by atoms with Gasteiger partial charge in [-0.25, -0.2) is 19.3 Å². The first-order valence-electron chi connectivity index (χ1n) is 11.4. The second-order valence-electron chi connectivity index (χ2n) is 8.43. The number of carbonyl (C=O) groups excluding carboxylic acids is 1. The lowest BCUT2D eigenvalue weighted by Crippen LogP contribution is -2.15. The zero-order valence-electron chi connectivity index (χ0n) is 20.1. The van der Waals surface area contributed by atoms with Crippen molar-refractivity contribution in [3.8, 4) is 11.3 Å². The largest absolute Gasteiger partial charge is 0.363 e. The van der Waals surface area contributed by atoms with E-state index in [-0.39, 0.29) is 17.4 Å². The van der Waals surface area contributed by atoms with Crippen LogP contribution in [0.5, 0.6) is 0 Å². The van der Waals surface area contributed by atoms with Crippen LogP contribution in [0, 0.1) is 11.2 Å². The summed E-state index contributed by atoms with van der Waals surface area (Å²) in [6.07, 6.45) is 8.16. The highest BCUT2D eigenvalue weighted by Gasteiger charge is 2.17. The highest BCUT2D eigenvalue weighted by Crippen LogP contribution is 2.26. The summed E-state index contributed by atoms with van der Waals surface area (Å²) >= 11 is 0. The van der Waals surface area contributed by atoms with Crippen molar-refractivity contribution in [3.05, 3.63) is 102 Å². The van der Waals surface area contributed by atoms with Crippen LogP contribution < -0.4 is 10.2 Å². The number of aromatic nitrogens is 5. The van der Waals surface area contributed by atoms with Crippen molar-refractivity contribution >= 4 is 35.0 Å². The van der Waals surface area contributed by atoms with Gasteiger partial charge in [-0.3, -0.25) is 14.6 Å². The van der Waals surface area contributed by atoms with E-state index < -0.39 is 0 Å². The number of H-pyrrole nitrogens is 1. The Morgan fingerprint density at radius 3 is 2.73 bits per heavy atom. The van der Waals surface area contributed by atoms with Gasteiger partial charge in [-0.05, 0) is 60.7 Å². The van der Waals surface area contributed by atoms with E-state index in [1.54, 1.807) is 42.6 Å². The summed E-state index contributed by atoms with van der Waals surface area (Å²) in [4.78, 5) is 30.6. The number of rotatable bonds is 7. The summed E-state index contributed by atoms with van der Waals surface area (Å²) in [5.41, 5.74) is 3.16. The molecular formula is C27H23FN8O. The second kappa shape index (κ2) is 9.86. The Morgan fingerprint density at radius 1 is 1.14 bits per heavy atom. The minimum absolute atomic E-state index is 0.188. The van der Waals surface area contributed by atoms with Crippen molar-refractivity contribution in [2.45, 2.75) is 0 Å². The molecule has 0 aliphatic heterocycles. The van der Waals surface area contributed by atoms with Crippen LogP contribution in [0.3, 0.4) is 0 Å². The quantitative estimate of drug-likeness (QED) is 0.285. The fourth-order valence-electron chi connectivity index (χ4n) is 3.79. The molecule has 0 saturated heterocycles. The molecule has 0 saturated carbocycles. The molecule has 37 heavy (non-hydrogen) atoms. The smallest absolute Gasteiger partial charge is 0.256 e. The Bertz CT molecular complexity index is 1630. The lowest BCUT2D eigenvalue weighted by molar-refractivity contribution is 0.102. The average Bonchev–Trinajstić information content (AvgIpc) is 3.52. The van der Waals surface area contributed by atoms with Crippen molar-refractivity contribution in [2.24, 2.45) is 0 Å². The third kappa shape index (κ3) is 4.98. The van der Waals surface area contributed by atoms with Crippen molar-refractivity contribution in [1.82, 2.24) is 24.3 Å². The van der Waals surface area contributed by atoms with E-state index >= 15 is 0 Å². The number of hydrogen-bond donors (Lipinski definition) is 3. The highest BCUT2D eigenvalue weighted by atomic mass is 19.1. The van der Waals surface area contributed by atoms with Gasteiger partial charge in [0.15, 0.2) is 0 Å². The predicted octanol–water partition coefficient (Wildman–Crippen LogP) is 4.66. The molecule has 10 heteroatoms. The van der Waals surface area contributed by atoms with Gasteiger partial charge in [-0.15, -0.1) is 0 Å². The number of benzene rings is 1. The van der Waals surface area contributed by atoms with E-state index in [9.17, 15) is 9.18 Å². The van der Waals surface area contributed by atoms with Gasteiger partial charge < -0.3 is 15.2 Å². The molecule has 184 valence electrons. The van der Waals surface area contributed by atoms with E-state index in [0.717, 1.165) is 0 Å². The molecule has 1 amide bonds. The summed E-state index contributed by atoms with van der Waals surface area (Å²) < 4.78 is 15.3.